The molecule has 4 bridgehead atoms. The Balaban J connectivity index is 1.77. The van der Waals surface area contributed by atoms with Gasteiger partial charge in [0.05, 0.1) is 12.0 Å². The van der Waals surface area contributed by atoms with Crippen LogP contribution in [0.4, 0.5) is 0 Å². The van der Waals surface area contributed by atoms with E-state index >= 15 is 0 Å². The smallest absolute Gasteiger partial charge is 0.302 e. The highest BCUT2D eigenvalue weighted by atomic mass is 16.6. The molecular formula is C22H30O6. The number of carbonyl (C=O) groups is 2. The molecule has 2 N–H and O–H groups in total. The zero-order valence-electron chi connectivity index (χ0n) is 16.9. The maximum atomic E-state index is 13.6. The molecule has 2 heterocycles. The van der Waals surface area contributed by atoms with Gasteiger partial charge in [0, 0.05) is 24.2 Å². The molecular weight excluding hydrogens is 360 g/mol. The predicted octanol–water partition coefficient (Wildman–Crippen LogP) is 1.98. The highest BCUT2D eigenvalue weighted by Crippen LogP contribution is 2.76. The van der Waals surface area contributed by atoms with Crippen molar-refractivity contribution in [2.75, 3.05) is 6.61 Å². The first-order valence-corrected chi connectivity index (χ1v) is 10.5. The summed E-state index contributed by atoms with van der Waals surface area (Å²) in [5, 5.41) is 23.2. The van der Waals surface area contributed by atoms with Gasteiger partial charge in [-0.25, -0.2) is 0 Å². The molecule has 28 heavy (non-hydrogen) atoms. The Morgan fingerprint density at radius 3 is 2.68 bits per heavy atom. The number of rotatable bonds is 1. The fourth-order valence-electron chi connectivity index (χ4n) is 8.28. The number of allylic oxidation sites excluding steroid dienone is 1. The standard InChI is InChI=1S/C22H30O6/c1-11-13-8-14(28-12(2)23)15-20-7-5-6-19(3,4)16(20)18(25)22(26,27-10-20)21(15,9-13)17(11)24/h13-16,18,25-26H,1,5-10H2,2-4H3/t13-,14-,15+,16-,18+,20-,21-,22-/m1/s1. The van der Waals surface area contributed by atoms with Crippen molar-refractivity contribution >= 4 is 11.8 Å². The third kappa shape index (κ3) is 1.81. The molecule has 0 aromatic heterocycles. The summed E-state index contributed by atoms with van der Waals surface area (Å²) in [6.45, 7) is 9.93. The number of aliphatic hydroxyl groups excluding tert-OH is 1. The number of hydrogen-bond donors (Lipinski definition) is 2. The van der Waals surface area contributed by atoms with Crippen LogP contribution in [-0.2, 0) is 19.1 Å². The van der Waals surface area contributed by atoms with E-state index in [4.69, 9.17) is 9.47 Å². The Labute approximate surface area is 165 Å². The molecule has 4 aliphatic carbocycles. The Hall–Kier alpha value is -1.24. The highest BCUT2D eigenvalue weighted by Gasteiger charge is 2.84. The lowest BCUT2D eigenvalue weighted by molar-refractivity contribution is -0.445. The van der Waals surface area contributed by atoms with Gasteiger partial charge in [-0.1, -0.05) is 26.8 Å². The minimum atomic E-state index is -1.97. The number of esters is 1. The van der Waals surface area contributed by atoms with Crippen LogP contribution in [0.1, 0.15) is 52.9 Å². The van der Waals surface area contributed by atoms with Crippen molar-refractivity contribution in [1.82, 2.24) is 0 Å². The fraction of sp³-hybridized carbons (Fsp3) is 0.818. The van der Waals surface area contributed by atoms with Crippen LogP contribution in [0, 0.1) is 34.0 Å². The average molecular weight is 390 g/mol. The molecule has 0 amide bonds. The minimum Gasteiger partial charge on any atom is -0.462 e. The topological polar surface area (TPSA) is 93.1 Å². The van der Waals surface area contributed by atoms with Gasteiger partial charge in [0.2, 0.25) is 5.79 Å². The first-order valence-electron chi connectivity index (χ1n) is 10.5. The van der Waals surface area contributed by atoms with Crippen molar-refractivity contribution in [2.45, 2.75) is 70.9 Å². The Morgan fingerprint density at radius 2 is 2.00 bits per heavy atom. The number of carbonyl (C=O) groups excluding carboxylic acids is 2. The average Bonchev–Trinajstić information content (AvgIpc) is 2.78. The molecule has 6 rings (SSSR count). The molecule has 2 saturated heterocycles. The summed E-state index contributed by atoms with van der Waals surface area (Å²) in [7, 11) is 0. The number of hydrogen-bond acceptors (Lipinski definition) is 6. The lowest BCUT2D eigenvalue weighted by Crippen LogP contribution is -2.83. The van der Waals surface area contributed by atoms with E-state index in [-0.39, 0.29) is 41.5 Å². The van der Waals surface area contributed by atoms with E-state index < -0.39 is 28.8 Å². The largest absolute Gasteiger partial charge is 0.462 e. The van der Waals surface area contributed by atoms with Crippen molar-refractivity contribution in [3.8, 4) is 0 Å². The molecule has 0 radical (unpaired) electrons. The Bertz CT molecular complexity index is 788. The molecule has 8 atom stereocenters. The second kappa shape index (κ2) is 5.27. The number of fused-ring (bicyclic) bond motifs is 2. The van der Waals surface area contributed by atoms with Gasteiger partial charge in [0.15, 0.2) is 5.78 Å². The van der Waals surface area contributed by atoms with E-state index in [2.05, 4.69) is 20.4 Å². The van der Waals surface area contributed by atoms with E-state index in [9.17, 15) is 19.8 Å². The van der Waals surface area contributed by atoms with Crippen LogP contribution in [0.5, 0.6) is 0 Å². The van der Waals surface area contributed by atoms with Gasteiger partial charge in [-0.3, -0.25) is 9.59 Å². The molecule has 0 unspecified atom stereocenters. The van der Waals surface area contributed by atoms with Gasteiger partial charge in [-0.05, 0) is 42.6 Å². The fourth-order valence-corrected chi connectivity index (χ4v) is 8.28. The van der Waals surface area contributed by atoms with Crippen LogP contribution in [-0.4, -0.2) is 46.6 Å². The van der Waals surface area contributed by atoms with Gasteiger partial charge < -0.3 is 19.7 Å². The third-order valence-corrected chi connectivity index (χ3v) is 8.96. The minimum absolute atomic E-state index is 0.154. The van der Waals surface area contributed by atoms with E-state index in [1.807, 2.05) is 0 Å². The maximum Gasteiger partial charge on any atom is 0.302 e. The Morgan fingerprint density at radius 1 is 1.29 bits per heavy atom. The molecule has 2 spiro atoms. The van der Waals surface area contributed by atoms with E-state index in [1.165, 1.54) is 6.92 Å². The first kappa shape index (κ1) is 18.8. The van der Waals surface area contributed by atoms with Crippen LogP contribution in [0.2, 0.25) is 0 Å². The summed E-state index contributed by atoms with van der Waals surface area (Å²) in [4.78, 5) is 25.5. The molecule has 0 aromatic rings. The van der Waals surface area contributed by atoms with Gasteiger partial charge in [-0.15, -0.1) is 0 Å². The second-order valence-electron chi connectivity index (χ2n) is 10.6. The van der Waals surface area contributed by atoms with Crippen molar-refractivity contribution in [3.63, 3.8) is 0 Å². The molecule has 4 saturated carbocycles. The van der Waals surface area contributed by atoms with Crippen LogP contribution in [0.15, 0.2) is 12.2 Å². The number of Topliss-reactive ketones (excluding diaryl/α,β-unsaturated/α-hetero) is 1. The summed E-state index contributed by atoms with van der Waals surface area (Å²) in [6, 6.07) is 0. The highest BCUT2D eigenvalue weighted by molar-refractivity contribution is 6.04. The monoisotopic (exact) mass is 390 g/mol. The van der Waals surface area contributed by atoms with Gasteiger partial charge in [0.25, 0.3) is 0 Å². The lowest BCUT2D eigenvalue weighted by atomic mass is 9.36. The molecule has 6 fully saturated rings. The van der Waals surface area contributed by atoms with Crippen LogP contribution in [0.25, 0.3) is 0 Å². The second-order valence-corrected chi connectivity index (χ2v) is 10.6. The van der Waals surface area contributed by atoms with Crippen molar-refractivity contribution < 1.29 is 29.3 Å². The molecule has 2 aliphatic heterocycles. The van der Waals surface area contributed by atoms with Crippen LogP contribution in [0.3, 0.4) is 0 Å². The third-order valence-electron chi connectivity index (χ3n) is 8.96. The predicted molar refractivity (Wildman–Crippen MR) is 98.8 cm³/mol. The van der Waals surface area contributed by atoms with Gasteiger partial charge in [-0.2, -0.15) is 0 Å². The van der Waals surface area contributed by atoms with Crippen LogP contribution >= 0.6 is 0 Å². The quantitative estimate of drug-likeness (QED) is 0.525. The molecule has 0 aromatic carbocycles. The van der Waals surface area contributed by atoms with Gasteiger partial charge in [0.1, 0.15) is 12.2 Å². The number of aliphatic hydroxyl groups is 2. The molecule has 6 heteroatoms. The summed E-state index contributed by atoms with van der Waals surface area (Å²) in [5.41, 5.74) is -1.53. The lowest BCUT2D eigenvalue weighted by Gasteiger charge is -2.73. The summed E-state index contributed by atoms with van der Waals surface area (Å²) >= 11 is 0. The van der Waals surface area contributed by atoms with Crippen molar-refractivity contribution in [2.24, 2.45) is 34.0 Å². The number of ketones is 1. The molecule has 154 valence electrons. The van der Waals surface area contributed by atoms with Gasteiger partial charge >= 0.3 is 5.97 Å². The summed E-state index contributed by atoms with van der Waals surface area (Å²) in [5.74, 6) is -3.29. The van der Waals surface area contributed by atoms with E-state index in [1.54, 1.807) is 0 Å². The zero-order chi connectivity index (χ0) is 20.3. The first-order chi connectivity index (χ1) is 13.0. The van der Waals surface area contributed by atoms with Crippen LogP contribution < -0.4 is 0 Å². The normalized spacial score (nSPS) is 53.5. The summed E-state index contributed by atoms with van der Waals surface area (Å²) in [6.07, 6.45) is 2.03. The summed E-state index contributed by atoms with van der Waals surface area (Å²) < 4.78 is 11.8. The van der Waals surface area contributed by atoms with E-state index in [0.29, 0.717) is 18.4 Å². The molecule has 6 nitrogen and oxygen atoms in total. The maximum absolute atomic E-state index is 13.6. The van der Waals surface area contributed by atoms with E-state index in [0.717, 1.165) is 19.3 Å². The zero-order valence-corrected chi connectivity index (χ0v) is 16.9. The van der Waals surface area contributed by atoms with Crippen molar-refractivity contribution in [1.29, 1.82) is 0 Å². The van der Waals surface area contributed by atoms with Crippen molar-refractivity contribution in [3.05, 3.63) is 12.2 Å². The molecule has 6 aliphatic rings. The Kier molecular flexibility index (Phi) is 3.53. The SMILES string of the molecule is C=C1C(=O)[C@@]23C[C@H]1C[C@@H](OC(C)=O)[C@H]2[C@]12CCCC(C)(C)[C@H]1[C@H](O)[C@@]3(O)OC2. The number of ether oxygens (including phenoxy) is 2.